The molecule has 2 rings (SSSR count). The number of hydrogen-bond donors (Lipinski definition) is 2. The molecule has 0 fully saturated rings. The summed E-state index contributed by atoms with van der Waals surface area (Å²) < 4.78 is 17.2. The predicted molar refractivity (Wildman–Crippen MR) is 126 cm³/mol. The zero-order chi connectivity index (χ0) is 23.2. The molecular weight excluding hydrogens is 408 g/mol. The monoisotopic (exact) mass is 444 g/mol. The van der Waals surface area contributed by atoms with Crippen molar-refractivity contribution in [1.29, 1.82) is 0 Å². The predicted octanol–water partition coefficient (Wildman–Crippen LogP) is 3.33. The van der Waals surface area contributed by atoms with E-state index in [1.54, 1.807) is 12.1 Å². The van der Waals surface area contributed by atoms with E-state index in [2.05, 4.69) is 22.3 Å². The smallest absolute Gasteiger partial charge is 0.221 e. The van der Waals surface area contributed by atoms with Gasteiger partial charge in [-0.3, -0.25) is 9.69 Å². The van der Waals surface area contributed by atoms with Gasteiger partial charge >= 0.3 is 0 Å². The summed E-state index contributed by atoms with van der Waals surface area (Å²) in [5.41, 5.74) is 1.82. The first-order chi connectivity index (χ1) is 15.5. The van der Waals surface area contributed by atoms with Gasteiger partial charge in [-0.15, -0.1) is 0 Å². The van der Waals surface area contributed by atoms with Crippen molar-refractivity contribution in [2.75, 3.05) is 44.8 Å². The van der Waals surface area contributed by atoms with Crippen LogP contribution in [0.4, 0.5) is 5.69 Å². The molecule has 0 aromatic heterocycles. The molecule has 0 bridgehead atoms. The van der Waals surface area contributed by atoms with Gasteiger partial charge in [-0.2, -0.15) is 0 Å². The number of hydrogen-bond acceptors (Lipinski definition) is 6. The lowest BCUT2D eigenvalue weighted by atomic mass is 10.1. The molecule has 2 N–H and O–H groups in total. The Morgan fingerprint density at radius 2 is 1.66 bits per heavy atom. The summed E-state index contributed by atoms with van der Waals surface area (Å²) >= 11 is 0. The molecular formula is C25H36N2O5. The highest BCUT2D eigenvalue weighted by atomic mass is 16.7. The third-order valence-electron chi connectivity index (χ3n) is 4.77. The van der Waals surface area contributed by atoms with Crippen LogP contribution in [0.25, 0.3) is 0 Å². The summed E-state index contributed by atoms with van der Waals surface area (Å²) in [4.78, 5) is 13.5. The number of anilines is 1. The van der Waals surface area contributed by atoms with Crippen LogP contribution in [0.15, 0.2) is 54.6 Å². The van der Waals surface area contributed by atoms with Crippen LogP contribution >= 0.6 is 0 Å². The summed E-state index contributed by atoms with van der Waals surface area (Å²) in [5, 5.41) is 13.4. The average molecular weight is 445 g/mol. The first-order valence-electron chi connectivity index (χ1n) is 11.2. The van der Waals surface area contributed by atoms with Crippen molar-refractivity contribution in [3.63, 3.8) is 0 Å². The van der Waals surface area contributed by atoms with Gasteiger partial charge in [0.2, 0.25) is 5.91 Å². The molecule has 1 amide bonds. The fourth-order valence-electron chi connectivity index (χ4n) is 3.35. The molecule has 32 heavy (non-hydrogen) atoms. The van der Waals surface area contributed by atoms with E-state index >= 15 is 0 Å². The van der Waals surface area contributed by atoms with Crippen LogP contribution in [0.5, 0.6) is 5.75 Å². The van der Waals surface area contributed by atoms with Gasteiger partial charge in [-0.1, -0.05) is 42.5 Å². The number of ether oxygens (including phenoxy) is 3. The normalized spacial score (nSPS) is 12.2. The van der Waals surface area contributed by atoms with E-state index in [0.717, 1.165) is 13.0 Å². The highest BCUT2D eigenvalue weighted by Crippen LogP contribution is 2.23. The molecule has 0 aliphatic carbocycles. The van der Waals surface area contributed by atoms with Crippen molar-refractivity contribution in [3.8, 4) is 5.75 Å². The summed E-state index contributed by atoms with van der Waals surface area (Å²) in [5.74, 6) is 0.352. The Labute approximate surface area is 191 Å². The second-order valence-electron chi connectivity index (χ2n) is 7.48. The molecule has 1 unspecified atom stereocenters. The molecule has 0 aliphatic heterocycles. The molecule has 1 atom stereocenters. The highest BCUT2D eigenvalue weighted by Gasteiger charge is 2.19. The number of rotatable bonds is 15. The van der Waals surface area contributed by atoms with E-state index in [1.165, 1.54) is 12.5 Å². The Balaban J connectivity index is 1.97. The zero-order valence-electron chi connectivity index (χ0n) is 19.3. The molecule has 2 aromatic carbocycles. The summed E-state index contributed by atoms with van der Waals surface area (Å²) in [6.07, 6.45) is -0.223. The van der Waals surface area contributed by atoms with Crippen LogP contribution < -0.4 is 10.1 Å². The number of carbonyl (C=O) groups excluding carboxylic acids is 1. The average Bonchev–Trinajstić information content (AvgIpc) is 2.77. The number of aliphatic hydroxyl groups is 1. The summed E-state index contributed by atoms with van der Waals surface area (Å²) in [7, 11) is 0. The van der Waals surface area contributed by atoms with Crippen molar-refractivity contribution in [2.24, 2.45) is 0 Å². The van der Waals surface area contributed by atoms with Crippen molar-refractivity contribution < 1.29 is 24.1 Å². The van der Waals surface area contributed by atoms with Crippen molar-refractivity contribution >= 4 is 11.6 Å². The second kappa shape index (κ2) is 14.6. The minimum absolute atomic E-state index is 0.104. The van der Waals surface area contributed by atoms with E-state index in [-0.39, 0.29) is 18.8 Å². The fourth-order valence-corrected chi connectivity index (χ4v) is 3.35. The summed E-state index contributed by atoms with van der Waals surface area (Å²) in [6.45, 7) is 8.26. The van der Waals surface area contributed by atoms with E-state index in [1.807, 2.05) is 44.2 Å². The molecule has 2 aromatic rings. The lowest BCUT2D eigenvalue weighted by Gasteiger charge is -2.29. The van der Waals surface area contributed by atoms with Gasteiger partial charge in [0.25, 0.3) is 0 Å². The molecule has 0 spiro atoms. The Hall–Kier alpha value is -2.45. The Morgan fingerprint density at radius 1 is 1.00 bits per heavy atom. The first kappa shape index (κ1) is 25.8. The maximum atomic E-state index is 11.4. The van der Waals surface area contributed by atoms with Crippen LogP contribution in [0.1, 0.15) is 26.3 Å². The van der Waals surface area contributed by atoms with E-state index in [9.17, 15) is 9.90 Å². The number of amides is 1. The van der Waals surface area contributed by atoms with Crippen LogP contribution in [0.2, 0.25) is 0 Å². The quantitative estimate of drug-likeness (QED) is 0.410. The molecule has 7 nitrogen and oxygen atoms in total. The largest absolute Gasteiger partial charge is 0.489 e. The van der Waals surface area contributed by atoms with E-state index < -0.39 is 6.10 Å². The van der Waals surface area contributed by atoms with Crippen LogP contribution in [0.3, 0.4) is 0 Å². The number of nitrogens with zero attached hydrogens (tertiary/aromatic N) is 1. The molecule has 0 aliphatic rings. The Morgan fingerprint density at radius 3 is 2.31 bits per heavy atom. The van der Waals surface area contributed by atoms with Crippen molar-refractivity contribution in [3.05, 3.63) is 60.2 Å². The molecule has 0 saturated carbocycles. The Kier molecular flexibility index (Phi) is 11.8. The van der Waals surface area contributed by atoms with Gasteiger partial charge in [0, 0.05) is 39.8 Å². The fraction of sp³-hybridized carbons (Fsp3) is 0.480. The lowest BCUT2D eigenvalue weighted by molar-refractivity contribution is -0.149. The van der Waals surface area contributed by atoms with Gasteiger partial charge in [-0.25, -0.2) is 0 Å². The van der Waals surface area contributed by atoms with Crippen molar-refractivity contribution in [2.45, 2.75) is 39.6 Å². The summed E-state index contributed by atoms with van der Waals surface area (Å²) in [6, 6.07) is 17.4. The van der Waals surface area contributed by atoms with Gasteiger partial charge in [-0.05, 0) is 38.0 Å². The van der Waals surface area contributed by atoms with Gasteiger partial charge < -0.3 is 24.6 Å². The third kappa shape index (κ3) is 9.78. The standard InChI is InChI=1S/C25H36N2O5/c1-4-30-25(31-5-2)18-27(16-15-21-11-7-6-8-12-21)17-22(29)19-32-24-14-10-9-13-23(24)26-20(3)28/h6-14,22,25,29H,4-5,15-19H2,1-3H3,(H,26,28). The van der Waals surface area contributed by atoms with Crippen LogP contribution in [-0.2, 0) is 20.7 Å². The molecule has 0 saturated heterocycles. The minimum atomic E-state index is -0.722. The van der Waals surface area contributed by atoms with Crippen LogP contribution in [0, 0.1) is 0 Å². The number of nitrogens with one attached hydrogen (secondary N) is 1. The SMILES string of the molecule is CCOC(CN(CCc1ccccc1)CC(O)COc1ccccc1NC(C)=O)OCC. The lowest BCUT2D eigenvalue weighted by Crippen LogP contribution is -2.42. The molecule has 0 radical (unpaired) electrons. The zero-order valence-corrected chi connectivity index (χ0v) is 19.3. The van der Waals surface area contributed by atoms with Crippen LogP contribution in [-0.4, -0.2) is 67.8 Å². The minimum Gasteiger partial charge on any atom is -0.489 e. The number of para-hydroxylation sites is 2. The van der Waals surface area contributed by atoms with Gasteiger partial charge in [0.15, 0.2) is 6.29 Å². The molecule has 176 valence electrons. The third-order valence-corrected chi connectivity index (χ3v) is 4.77. The highest BCUT2D eigenvalue weighted by molar-refractivity contribution is 5.90. The number of aliphatic hydroxyl groups excluding tert-OH is 1. The van der Waals surface area contributed by atoms with E-state index in [4.69, 9.17) is 14.2 Å². The topological polar surface area (TPSA) is 80.3 Å². The Bertz CT molecular complexity index is 781. The molecule has 7 heteroatoms. The number of carbonyl (C=O) groups is 1. The maximum Gasteiger partial charge on any atom is 0.221 e. The van der Waals surface area contributed by atoms with Crippen molar-refractivity contribution in [1.82, 2.24) is 4.90 Å². The maximum absolute atomic E-state index is 11.4. The second-order valence-corrected chi connectivity index (χ2v) is 7.48. The number of benzene rings is 2. The first-order valence-corrected chi connectivity index (χ1v) is 11.2. The van der Waals surface area contributed by atoms with E-state index in [0.29, 0.717) is 37.7 Å². The molecule has 0 heterocycles. The van der Waals surface area contributed by atoms with Gasteiger partial charge in [0.05, 0.1) is 5.69 Å². The van der Waals surface area contributed by atoms with Gasteiger partial charge in [0.1, 0.15) is 18.5 Å².